The number of benzene rings is 10. The third kappa shape index (κ3) is 10.3. The average molecular weight is 1330 g/mol. The maximum absolute atomic E-state index is 7.24. The van der Waals surface area contributed by atoms with Crippen molar-refractivity contribution < 1.29 is 44.8 Å². The van der Waals surface area contributed by atoms with Crippen LogP contribution in [0.3, 0.4) is 0 Å². The molecule has 0 saturated heterocycles. The Labute approximate surface area is 460 Å². The first-order valence-corrected chi connectivity index (χ1v) is 27.0. The molecule has 0 amide bonds. The minimum atomic E-state index is -1.23. The standard InChI is InChI=1S/C34H26P2.2C17H13.2Au/c1-5-17-29(18-6-1)35(30-19-7-2-8-20-30)33-25-27-15-13-14-16-28(27)26-34(33)36(31-21-9-3-10-22-31)32-23-11-4-12-24-32;2*1-4-12-9-10-16-14(11-12)13-7-5-6-8-15(13)17(16,2)3;;/h1-26H;2*5-11H,2-3H3;;/q;2*-1;2*+1/p+2. The molecular weight excluding hydrogens is 1270 g/mol. The monoisotopic (exact) mass is 1330 g/mol. The zero-order chi connectivity index (χ0) is 48.2. The topological polar surface area (TPSA) is 0 Å². The zero-order valence-corrected chi connectivity index (χ0v) is 47.0. The quantitative estimate of drug-likeness (QED) is 0.0674. The first-order valence-electron chi connectivity index (χ1n) is 24.0. The van der Waals surface area contributed by atoms with Crippen molar-refractivity contribution in [2.24, 2.45) is 0 Å². The first-order chi connectivity index (χ1) is 34.2. The predicted molar refractivity (Wildman–Crippen MR) is 305 cm³/mol. The molecule has 356 valence electrons. The molecule has 10 aromatic carbocycles. The van der Waals surface area contributed by atoms with Crippen LogP contribution in [0.5, 0.6) is 0 Å². The third-order valence-corrected chi connectivity index (χ3v) is 19.9. The summed E-state index contributed by atoms with van der Waals surface area (Å²) in [4.78, 5) is 0. The summed E-state index contributed by atoms with van der Waals surface area (Å²) in [6, 6.07) is 87.7. The minimum Gasteiger partial charge on any atom is -0.366 e. The molecular formula is C68H54Au2P2+2. The first kappa shape index (κ1) is 52.2. The molecule has 72 heavy (non-hydrogen) atoms. The smallest absolute Gasteiger partial charge is 0.366 e. The van der Waals surface area contributed by atoms with E-state index in [1.54, 1.807) is 0 Å². The fourth-order valence-corrected chi connectivity index (χ4v) is 16.7. The zero-order valence-electron chi connectivity index (χ0n) is 40.7. The van der Waals surface area contributed by atoms with E-state index in [0.29, 0.717) is 0 Å². The van der Waals surface area contributed by atoms with Crippen LogP contribution in [0.1, 0.15) is 61.1 Å². The van der Waals surface area contributed by atoms with E-state index in [4.69, 9.17) is 12.8 Å². The fourth-order valence-electron chi connectivity index (χ4n) is 10.6. The molecule has 12 rings (SSSR count). The van der Waals surface area contributed by atoms with E-state index in [9.17, 15) is 0 Å². The second-order valence-electron chi connectivity index (χ2n) is 19.1. The second-order valence-corrected chi connectivity index (χ2v) is 24.0. The maximum Gasteiger partial charge on any atom is 1.00 e. The average Bonchev–Trinajstić information content (AvgIpc) is 3.79. The molecule has 0 unspecified atom stereocenters. The molecule has 0 heterocycles. The molecule has 0 saturated carbocycles. The van der Waals surface area contributed by atoms with Gasteiger partial charge in [0.1, 0.15) is 47.7 Å². The predicted octanol–water partition coefficient (Wildman–Crippen LogP) is 13.7. The van der Waals surface area contributed by atoms with Crippen LogP contribution >= 0.6 is 15.8 Å². The summed E-state index contributed by atoms with van der Waals surface area (Å²) in [6.07, 6.45) is 14.5. The van der Waals surface area contributed by atoms with Crippen LogP contribution in [0.25, 0.3) is 33.0 Å². The molecule has 2 aliphatic carbocycles. The van der Waals surface area contributed by atoms with E-state index in [-0.39, 0.29) is 55.6 Å². The van der Waals surface area contributed by atoms with Gasteiger partial charge in [0.05, 0.1) is 0 Å². The van der Waals surface area contributed by atoms with Crippen LogP contribution < -0.4 is 31.8 Å². The summed E-state index contributed by atoms with van der Waals surface area (Å²) < 4.78 is 0. The number of rotatable bonds is 6. The van der Waals surface area contributed by atoms with Crippen molar-refractivity contribution in [3.05, 3.63) is 289 Å². The van der Waals surface area contributed by atoms with Crippen LogP contribution in [-0.2, 0) is 55.6 Å². The van der Waals surface area contributed by atoms with Gasteiger partial charge in [-0.3, -0.25) is 11.8 Å². The van der Waals surface area contributed by atoms with E-state index in [2.05, 4.69) is 270 Å². The van der Waals surface area contributed by atoms with Gasteiger partial charge in [0.25, 0.3) is 0 Å². The Morgan fingerprint density at radius 3 is 0.903 bits per heavy atom. The van der Waals surface area contributed by atoms with Gasteiger partial charge in [-0.1, -0.05) is 185 Å². The molecule has 0 atom stereocenters. The van der Waals surface area contributed by atoms with Crippen LogP contribution in [0, 0.1) is 24.7 Å². The van der Waals surface area contributed by atoms with Crippen molar-refractivity contribution in [3.63, 3.8) is 0 Å². The molecule has 4 heteroatoms. The summed E-state index contributed by atoms with van der Waals surface area (Å²) in [6.45, 7) is 9.02. The molecule has 0 aliphatic heterocycles. The maximum atomic E-state index is 7.24. The molecule has 0 aromatic heterocycles. The van der Waals surface area contributed by atoms with Gasteiger partial charge in [-0.2, -0.15) is 0 Å². The van der Waals surface area contributed by atoms with Gasteiger partial charge in [0.15, 0.2) is 0 Å². The Balaban J connectivity index is 0.000000161. The Morgan fingerprint density at radius 1 is 0.306 bits per heavy atom. The van der Waals surface area contributed by atoms with Crippen LogP contribution in [0.2, 0.25) is 0 Å². The number of hydrogen-bond acceptors (Lipinski definition) is 0. The molecule has 10 aromatic rings. The second kappa shape index (κ2) is 22.8. The minimum absolute atomic E-state index is 0. The van der Waals surface area contributed by atoms with E-state index in [1.807, 2.05) is 12.1 Å². The Kier molecular flexibility index (Phi) is 16.5. The fraction of sp³-hybridized carbons (Fsp3) is 0.0882. The molecule has 0 bridgehead atoms. The van der Waals surface area contributed by atoms with Gasteiger partial charge in [0, 0.05) is 10.8 Å². The summed E-state index contributed by atoms with van der Waals surface area (Å²) in [5, 5.41) is 11.3. The van der Waals surface area contributed by atoms with Gasteiger partial charge in [-0.15, -0.1) is 35.4 Å². The van der Waals surface area contributed by atoms with E-state index < -0.39 is 15.8 Å². The van der Waals surface area contributed by atoms with Gasteiger partial charge in [0.2, 0.25) is 0 Å². The van der Waals surface area contributed by atoms with E-state index >= 15 is 0 Å². The van der Waals surface area contributed by atoms with Crippen LogP contribution in [-0.4, -0.2) is 0 Å². The van der Waals surface area contributed by atoms with Crippen molar-refractivity contribution in [2.75, 3.05) is 0 Å². The van der Waals surface area contributed by atoms with Crippen molar-refractivity contribution >= 4 is 58.4 Å². The Bertz CT molecular complexity index is 3250. The Morgan fingerprint density at radius 2 is 0.583 bits per heavy atom. The summed E-state index contributed by atoms with van der Waals surface area (Å²) >= 11 is 0. The number of hydrogen-bond donors (Lipinski definition) is 0. The van der Waals surface area contributed by atoms with Gasteiger partial charge >= 0.3 is 44.8 Å². The van der Waals surface area contributed by atoms with Crippen molar-refractivity contribution in [3.8, 4) is 34.1 Å². The van der Waals surface area contributed by atoms with Crippen molar-refractivity contribution in [1.29, 1.82) is 0 Å². The normalized spacial score (nSPS) is 12.7. The van der Waals surface area contributed by atoms with Crippen molar-refractivity contribution in [1.82, 2.24) is 0 Å². The van der Waals surface area contributed by atoms with Crippen LogP contribution in [0.4, 0.5) is 0 Å². The van der Waals surface area contributed by atoms with Crippen LogP contribution in [0.15, 0.2) is 243 Å². The van der Waals surface area contributed by atoms with Crippen molar-refractivity contribution in [2.45, 2.75) is 38.5 Å². The van der Waals surface area contributed by atoms with E-state index in [0.717, 1.165) is 11.1 Å². The number of fused-ring (bicyclic) bond motifs is 7. The SMILES string of the molecule is [Au+].[Au+].[C-]#Cc1ccc2c(c1)-c1ccccc1C2(C)C.[C-]#Cc1ccc2c(c1)-c1ccccc1C2(C)C.c1ccc([PH+](c2ccccc2)c2cc3ccccc3cc2[PH+](c2ccccc2)c2ccccc2)cc1. The van der Waals surface area contributed by atoms with Gasteiger partial charge in [-0.05, 0) is 116 Å². The summed E-state index contributed by atoms with van der Waals surface area (Å²) in [5.41, 5.74) is 12.3. The third-order valence-electron chi connectivity index (χ3n) is 14.1. The molecule has 0 spiro atoms. The largest absolute Gasteiger partial charge is 1.00 e. The van der Waals surface area contributed by atoms with Gasteiger partial charge in [-0.25, -0.2) is 0 Å². The molecule has 0 fully saturated rings. The summed E-state index contributed by atoms with van der Waals surface area (Å²) in [7, 11) is -2.46. The summed E-state index contributed by atoms with van der Waals surface area (Å²) in [5.74, 6) is 4.93. The Hall–Kier alpha value is -6.08. The molecule has 0 radical (unpaired) electrons. The van der Waals surface area contributed by atoms with Gasteiger partial charge < -0.3 is 12.8 Å². The van der Waals surface area contributed by atoms with E-state index in [1.165, 1.54) is 87.1 Å². The molecule has 2 aliphatic rings. The molecule has 0 N–H and O–H groups in total. The molecule has 0 nitrogen and oxygen atoms in total.